The molecule has 0 amide bonds. The highest BCUT2D eigenvalue weighted by Crippen LogP contribution is 2.72. The predicted octanol–water partition coefficient (Wildman–Crippen LogP) is 3.56. The van der Waals surface area contributed by atoms with Crippen LogP contribution < -0.4 is 9.47 Å². The van der Waals surface area contributed by atoms with E-state index in [2.05, 4.69) is 27.7 Å². The van der Waals surface area contributed by atoms with E-state index >= 15 is 0 Å². The van der Waals surface area contributed by atoms with Crippen LogP contribution in [0.3, 0.4) is 0 Å². The van der Waals surface area contributed by atoms with Gasteiger partial charge in [-0.25, -0.2) is 4.39 Å². The molecule has 0 heterocycles. The number of aliphatic hydroxyl groups excluding tert-OH is 1. The SMILES string of the molecule is COc1cc(F)c(C(O)C2C(C)(C)C2(C)C)cc1OC. The third-order valence-corrected chi connectivity index (χ3v) is 5.27. The Morgan fingerprint density at radius 3 is 1.90 bits per heavy atom. The number of hydrogen-bond acceptors (Lipinski definition) is 3. The van der Waals surface area contributed by atoms with Crippen LogP contribution in [0.25, 0.3) is 0 Å². The minimum Gasteiger partial charge on any atom is -0.493 e. The predicted molar refractivity (Wildman–Crippen MR) is 75.5 cm³/mol. The lowest BCUT2D eigenvalue weighted by Crippen LogP contribution is -2.08. The lowest BCUT2D eigenvalue weighted by molar-refractivity contribution is 0.126. The van der Waals surface area contributed by atoms with Crippen molar-refractivity contribution in [3.63, 3.8) is 0 Å². The van der Waals surface area contributed by atoms with E-state index in [1.807, 2.05) is 0 Å². The minimum atomic E-state index is -0.847. The monoisotopic (exact) mass is 282 g/mol. The van der Waals surface area contributed by atoms with Crippen molar-refractivity contribution in [2.75, 3.05) is 14.2 Å². The van der Waals surface area contributed by atoms with Gasteiger partial charge in [0.15, 0.2) is 11.5 Å². The summed E-state index contributed by atoms with van der Waals surface area (Å²) in [7, 11) is 2.96. The summed E-state index contributed by atoms with van der Waals surface area (Å²) in [6.07, 6.45) is -0.847. The Balaban J connectivity index is 2.39. The number of hydrogen-bond donors (Lipinski definition) is 1. The Labute approximate surface area is 119 Å². The topological polar surface area (TPSA) is 38.7 Å². The molecule has 0 aromatic heterocycles. The third-order valence-electron chi connectivity index (χ3n) is 5.27. The van der Waals surface area contributed by atoms with Crippen LogP contribution in [0.5, 0.6) is 11.5 Å². The molecule has 0 aliphatic heterocycles. The first-order chi connectivity index (χ1) is 9.18. The van der Waals surface area contributed by atoms with Crippen LogP contribution in [0.15, 0.2) is 12.1 Å². The number of ether oxygens (including phenoxy) is 2. The Hall–Kier alpha value is -1.29. The number of benzene rings is 1. The largest absolute Gasteiger partial charge is 0.493 e. The van der Waals surface area contributed by atoms with E-state index in [4.69, 9.17) is 9.47 Å². The van der Waals surface area contributed by atoms with Gasteiger partial charge < -0.3 is 14.6 Å². The summed E-state index contributed by atoms with van der Waals surface area (Å²) in [5.41, 5.74) is 0.226. The molecule has 1 fully saturated rings. The molecule has 1 aliphatic carbocycles. The van der Waals surface area contributed by atoms with Crippen molar-refractivity contribution in [3.05, 3.63) is 23.5 Å². The summed E-state index contributed by atoms with van der Waals surface area (Å²) in [6.45, 7) is 8.39. The normalized spacial score (nSPS) is 21.4. The van der Waals surface area contributed by atoms with Gasteiger partial charge in [-0.2, -0.15) is 0 Å². The Morgan fingerprint density at radius 1 is 1.05 bits per heavy atom. The first kappa shape index (κ1) is 15.1. The van der Waals surface area contributed by atoms with Gasteiger partial charge in [-0.1, -0.05) is 27.7 Å². The molecule has 112 valence electrons. The fourth-order valence-corrected chi connectivity index (χ4v) is 3.31. The number of halogens is 1. The maximum Gasteiger partial charge on any atom is 0.163 e. The smallest absolute Gasteiger partial charge is 0.163 e. The van der Waals surface area contributed by atoms with Crippen LogP contribution in [-0.4, -0.2) is 19.3 Å². The molecule has 0 spiro atoms. The molecule has 4 heteroatoms. The van der Waals surface area contributed by atoms with Crippen LogP contribution in [0.1, 0.15) is 39.4 Å². The van der Waals surface area contributed by atoms with E-state index in [-0.39, 0.29) is 22.3 Å². The molecular formula is C16H23FO3. The molecule has 1 atom stereocenters. The second-order valence-corrected chi connectivity index (χ2v) is 6.59. The second-order valence-electron chi connectivity index (χ2n) is 6.59. The molecule has 0 radical (unpaired) electrons. The van der Waals surface area contributed by atoms with E-state index < -0.39 is 11.9 Å². The van der Waals surface area contributed by atoms with Crippen molar-refractivity contribution in [3.8, 4) is 11.5 Å². The molecular weight excluding hydrogens is 259 g/mol. The van der Waals surface area contributed by atoms with Crippen LogP contribution in [-0.2, 0) is 0 Å². The zero-order chi connectivity index (χ0) is 15.3. The van der Waals surface area contributed by atoms with Gasteiger partial charge in [-0.3, -0.25) is 0 Å². The van der Waals surface area contributed by atoms with E-state index in [0.29, 0.717) is 11.5 Å². The van der Waals surface area contributed by atoms with E-state index in [1.165, 1.54) is 26.4 Å². The summed E-state index contributed by atoms with van der Waals surface area (Å²) < 4.78 is 24.4. The van der Waals surface area contributed by atoms with Crippen molar-refractivity contribution >= 4 is 0 Å². The quantitative estimate of drug-likeness (QED) is 0.917. The molecule has 0 saturated heterocycles. The van der Waals surface area contributed by atoms with Crippen LogP contribution in [0.4, 0.5) is 4.39 Å². The zero-order valence-corrected chi connectivity index (χ0v) is 13.0. The maximum atomic E-state index is 14.2. The average Bonchev–Trinajstić information content (AvgIpc) is 2.78. The van der Waals surface area contributed by atoms with Gasteiger partial charge in [0.2, 0.25) is 0 Å². The minimum absolute atomic E-state index is 0.0163. The van der Waals surface area contributed by atoms with Gasteiger partial charge >= 0.3 is 0 Å². The summed E-state index contributed by atoms with van der Waals surface area (Å²) >= 11 is 0. The molecule has 1 unspecified atom stereocenters. The lowest BCUT2D eigenvalue weighted by Gasteiger charge is -2.17. The van der Waals surface area contributed by atoms with Gasteiger partial charge in [0.25, 0.3) is 0 Å². The van der Waals surface area contributed by atoms with E-state index in [0.717, 1.165) is 0 Å². The zero-order valence-electron chi connectivity index (χ0n) is 13.0. The Kier molecular flexibility index (Phi) is 3.49. The molecule has 1 aliphatic rings. The fraction of sp³-hybridized carbons (Fsp3) is 0.625. The number of rotatable bonds is 4. The van der Waals surface area contributed by atoms with Crippen molar-refractivity contribution in [1.82, 2.24) is 0 Å². The summed E-state index contributed by atoms with van der Waals surface area (Å²) in [4.78, 5) is 0. The van der Waals surface area contributed by atoms with Crippen LogP contribution >= 0.6 is 0 Å². The summed E-state index contributed by atoms with van der Waals surface area (Å²) in [5, 5.41) is 10.6. The van der Waals surface area contributed by atoms with E-state index in [9.17, 15) is 9.50 Å². The van der Waals surface area contributed by atoms with Gasteiger partial charge in [-0.15, -0.1) is 0 Å². The van der Waals surface area contributed by atoms with Crippen molar-refractivity contribution < 1.29 is 19.0 Å². The van der Waals surface area contributed by atoms with Gasteiger partial charge in [0.1, 0.15) is 5.82 Å². The maximum absolute atomic E-state index is 14.2. The van der Waals surface area contributed by atoms with Gasteiger partial charge in [0, 0.05) is 17.5 Å². The van der Waals surface area contributed by atoms with Gasteiger partial charge in [0.05, 0.1) is 20.3 Å². The molecule has 1 aromatic rings. The standard InChI is InChI=1S/C16H23FO3/c1-15(2)14(16(15,3)4)13(18)9-7-11(19-5)12(20-6)8-10(9)17/h7-8,13-14,18H,1-6H3. The molecule has 1 aromatic carbocycles. The van der Waals surface area contributed by atoms with Crippen LogP contribution in [0, 0.1) is 22.6 Å². The highest BCUT2D eigenvalue weighted by Gasteiger charge is 2.67. The molecule has 1 saturated carbocycles. The second kappa shape index (κ2) is 4.62. The van der Waals surface area contributed by atoms with Crippen molar-refractivity contribution in [2.24, 2.45) is 16.7 Å². The first-order valence-electron chi connectivity index (χ1n) is 6.78. The lowest BCUT2D eigenvalue weighted by atomic mass is 9.98. The number of methoxy groups -OCH3 is 2. The summed E-state index contributed by atoms with van der Waals surface area (Å²) in [5.74, 6) is 0.311. The number of aliphatic hydroxyl groups is 1. The molecule has 2 rings (SSSR count). The van der Waals surface area contributed by atoms with Crippen molar-refractivity contribution in [1.29, 1.82) is 0 Å². The van der Waals surface area contributed by atoms with Crippen LogP contribution in [0.2, 0.25) is 0 Å². The Morgan fingerprint density at radius 2 is 1.50 bits per heavy atom. The van der Waals surface area contributed by atoms with E-state index in [1.54, 1.807) is 0 Å². The summed E-state index contributed by atoms with van der Waals surface area (Å²) in [6, 6.07) is 2.79. The highest BCUT2D eigenvalue weighted by atomic mass is 19.1. The average molecular weight is 282 g/mol. The third kappa shape index (κ3) is 1.97. The highest BCUT2D eigenvalue weighted by molar-refractivity contribution is 5.45. The molecule has 0 bridgehead atoms. The Bertz CT molecular complexity index is 509. The molecule has 3 nitrogen and oxygen atoms in total. The molecule has 1 N–H and O–H groups in total. The van der Waals surface area contributed by atoms with Gasteiger partial charge in [-0.05, 0) is 16.9 Å². The van der Waals surface area contributed by atoms with Crippen molar-refractivity contribution in [2.45, 2.75) is 33.8 Å². The first-order valence-corrected chi connectivity index (χ1v) is 6.78. The molecule has 20 heavy (non-hydrogen) atoms. The fourth-order valence-electron chi connectivity index (χ4n) is 3.31.